The molecule has 0 bridgehead atoms. The van der Waals surface area contributed by atoms with Gasteiger partial charge in [-0.05, 0) is 31.0 Å². The highest BCUT2D eigenvalue weighted by atomic mass is 32.2. The second kappa shape index (κ2) is 6.21. The van der Waals surface area contributed by atoms with Gasteiger partial charge in [-0.1, -0.05) is 0 Å². The molecule has 1 N–H and O–H groups in total. The number of nitrogens with zero attached hydrogens (tertiary/aromatic N) is 2. The van der Waals surface area contributed by atoms with E-state index < -0.39 is 9.84 Å². The van der Waals surface area contributed by atoms with Crippen molar-refractivity contribution in [2.45, 2.75) is 25.9 Å². The molecule has 2 amide bonds. The minimum atomic E-state index is -2.98. The maximum Gasteiger partial charge on any atom is 0.317 e. The SMILES string of the molecule is CCN(C(=O)NCc1ccncc1)C1CCS(=O)(=O)C1. The van der Waals surface area contributed by atoms with Gasteiger partial charge in [0, 0.05) is 31.5 Å². The molecule has 1 saturated heterocycles. The number of sulfone groups is 1. The molecule has 1 unspecified atom stereocenters. The second-order valence-electron chi connectivity index (χ2n) is 4.86. The number of carbonyl (C=O) groups excluding carboxylic acids is 1. The van der Waals surface area contributed by atoms with E-state index in [-0.39, 0.29) is 23.6 Å². The van der Waals surface area contributed by atoms with Crippen molar-refractivity contribution >= 4 is 15.9 Å². The van der Waals surface area contributed by atoms with Crippen LogP contribution in [0.3, 0.4) is 0 Å². The Morgan fingerprint density at radius 3 is 2.70 bits per heavy atom. The molecule has 0 radical (unpaired) electrons. The van der Waals surface area contributed by atoms with Crippen LogP contribution in [-0.4, -0.2) is 48.4 Å². The van der Waals surface area contributed by atoms with E-state index in [1.165, 1.54) is 0 Å². The minimum absolute atomic E-state index is 0.0729. The number of pyridine rings is 1. The number of urea groups is 1. The van der Waals surface area contributed by atoms with Gasteiger partial charge in [0.15, 0.2) is 9.84 Å². The Balaban J connectivity index is 1.93. The van der Waals surface area contributed by atoms with Crippen molar-refractivity contribution in [1.82, 2.24) is 15.2 Å². The number of carbonyl (C=O) groups is 1. The standard InChI is InChI=1S/C13H19N3O3S/c1-2-16(12-5-8-20(18,19)10-12)13(17)15-9-11-3-6-14-7-4-11/h3-4,6-7,12H,2,5,8-10H2,1H3,(H,15,17). The maximum absolute atomic E-state index is 12.2. The Morgan fingerprint density at radius 1 is 1.45 bits per heavy atom. The van der Waals surface area contributed by atoms with Crippen molar-refractivity contribution in [3.05, 3.63) is 30.1 Å². The fourth-order valence-corrected chi connectivity index (χ4v) is 4.10. The van der Waals surface area contributed by atoms with Crippen LogP contribution in [0.15, 0.2) is 24.5 Å². The van der Waals surface area contributed by atoms with Gasteiger partial charge >= 0.3 is 6.03 Å². The monoisotopic (exact) mass is 297 g/mol. The zero-order valence-corrected chi connectivity index (χ0v) is 12.3. The van der Waals surface area contributed by atoms with E-state index >= 15 is 0 Å². The van der Waals surface area contributed by atoms with E-state index in [2.05, 4.69) is 10.3 Å². The largest absolute Gasteiger partial charge is 0.334 e. The zero-order valence-electron chi connectivity index (χ0n) is 11.4. The molecule has 1 fully saturated rings. The van der Waals surface area contributed by atoms with Crippen molar-refractivity contribution in [2.24, 2.45) is 0 Å². The Morgan fingerprint density at radius 2 is 2.15 bits per heavy atom. The molecule has 1 atom stereocenters. The highest BCUT2D eigenvalue weighted by molar-refractivity contribution is 7.91. The summed E-state index contributed by atoms with van der Waals surface area (Å²) in [5.41, 5.74) is 0.962. The van der Waals surface area contributed by atoms with Crippen molar-refractivity contribution < 1.29 is 13.2 Å². The van der Waals surface area contributed by atoms with E-state index in [1.807, 2.05) is 19.1 Å². The van der Waals surface area contributed by atoms with E-state index in [1.54, 1.807) is 17.3 Å². The summed E-state index contributed by atoms with van der Waals surface area (Å²) in [6, 6.07) is 3.24. The molecular weight excluding hydrogens is 278 g/mol. The molecule has 2 heterocycles. The summed E-state index contributed by atoms with van der Waals surface area (Å²) >= 11 is 0. The molecule has 1 aromatic heterocycles. The number of hydrogen-bond donors (Lipinski definition) is 1. The van der Waals surface area contributed by atoms with Crippen molar-refractivity contribution in [3.63, 3.8) is 0 Å². The topological polar surface area (TPSA) is 79.4 Å². The first-order valence-corrected chi connectivity index (χ1v) is 8.48. The van der Waals surface area contributed by atoms with Gasteiger partial charge in [-0.3, -0.25) is 4.98 Å². The van der Waals surface area contributed by atoms with Crippen LogP contribution < -0.4 is 5.32 Å². The number of rotatable bonds is 4. The molecule has 1 aromatic rings. The predicted molar refractivity (Wildman–Crippen MR) is 75.9 cm³/mol. The van der Waals surface area contributed by atoms with Gasteiger partial charge in [0.2, 0.25) is 0 Å². The molecule has 110 valence electrons. The van der Waals surface area contributed by atoms with E-state index in [0.717, 1.165) is 5.56 Å². The van der Waals surface area contributed by atoms with Gasteiger partial charge in [-0.15, -0.1) is 0 Å². The molecule has 1 aliphatic rings. The van der Waals surface area contributed by atoms with E-state index in [9.17, 15) is 13.2 Å². The van der Waals surface area contributed by atoms with Crippen molar-refractivity contribution in [3.8, 4) is 0 Å². The molecule has 0 aliphatic carbocycles. The number of amides is 2. The average molecular weight is 297 g/mol. The first-order chi connectivity index (χ1) is 9.52. The molecule has 7 heteroatoms. The van der Waals surface area contributed by atoms with Crippen LogP contribution in [0.4, 0.5) is 4.79 Å². The van der Waals surface area contributed by atoms with Gasteiger partial charge in [0.1, 0.15) is 0 Å². The van der Waals surface area contributed by atoms with Crippen LogP contribution in [0.1, 0.15) is 18.9 Å². The summed E-state index contributed by atoms with van der Waals surface area (Å²) in [6.07, 6.45) is 3.87. The predicted octanol–water partition coefficient (Wildman–Crippen LogP) is 0.800. The molecule has 1 aliphatic heterocycles. The summed E-state index contributed by atoms with van der Waals surface area (Å²) in [5.74, 6) is 0.245. The lowest BCUT2D eigenvalue weighted by atomic mass is 10.2. The fraction of sp³-hybridized carbons (Fsp3) is 0.538. The Bertz CT molecular complexity index is 559. The number of nitrogens with one attached hydrogen (secondary N) is 1. The molecule has 0 spiro atoms. The highest BCUT2D eigenvalue weighted by Gasteiger charge is 2.33. The third-order valence-corrected chi connectivity index (χ3v) is 5.19. The first-order valence-electron chi connectivity index (χ1n) is 6.65. The number of hydrogen-bond acceptors (Lipinski definition) is 4. The molecule has 0 saturated carbocycles. The van der Waals surface area contributed by atoms with E-state index in [0.29, 0.717) is 19.5 Å². The highest BCUT2D eigenvalue weighted by Crippen LogP contribution is 2.17. The second-order valence-corrected chi connectivity index (χ2v) is 7.09. The summed E-state index contributed by atoms with van der Waals surface area (Å²) in [6.45, 7) is 2.77. The fourth-order valence-electron chi connectivity index (χ4n) is 2.37. The van der Waals surface area contributed by atoms with Crippen LogP contribution in [0, 0.1) is 0 Å². The third-order valence-electron chi connectivity index (χ3n) is 3.44. The van der Waals surface area contributed by atoms with Gasteiger partial charge in [0.05, 0.1) is 11.5 Å². The quantitative estimate of drug-likeness (QED) is 0.891. The van der Waals surface area contributed by atoms with Crippen LogP contribution >= 0.6 is 0 Å². The summed E-state index contributed by atoms with van der Waals surface area (Å²) < 4.78 is 23.0. The molecule has 20 heavy (non-hydrogen) atoms. The molecule has 6 nitrogen and oxygen atoms in total. The third kappa shape index (κ3) is 3.69. The molecule has 2 rings (SSSR count). The summed E-state index contributed by atoms with van der Waals surface area (Å²) in [7, 11) is -2.98. The van der Waals surface area contributed by atoms with Crippen LogP contribution in [0.2, 0.25) is 0 Å². The normalized spacial score (nSPS) is 20.6. The first kappa shape index (κ1) is 14.8. The smallest absolute Gasteiger partial charge is 0.317 e. The summed E-state index contributed by atoms with van der Waals surface area (Å²) in [4.78, 5) is 17.7. The van der Waals surface area contributed by atoms with Gasteiger partial charge < -0.3 is 10.2 Å². The van der Waals surface area contributed by atoms with E-state index in [4.69, 9.17) is 0 Å². The number of aromatic nitrogens is 1. The summed E-state index contributed by atoms with van der Waals surface area (Å²) in [5, 5.41) is 2.82. The molecular formula is C13H19N3O3S. The van der Waals surface area contributed by atoms with Crippen LogP contribution in [0.25, 0.3) is 0 Å². The minimum Gasteiger partial charge on any atom is -0.334 e. The van der Waals surface area contributed by atoms with Crippen LogP contribution in [0.5, 0.6) is 0 Å². The van der Waals surface area contributed by atoms with Crippen molar-refractivity contribution in [2.75, 3.05) is 18.1 Å². The Labute approximate surface area is 119 Å². The lowest BCUT2D eigenvalue weighted by Crippen LogP contribution is -2.46. The van der Waals surface area contributed by atoms with Crippen molar-refractivity contribution in [1.29, 1.82) is 0 Å². The zero-order chi connectivity index (χ0) is 14.6. The average Bonchev–Trinajstić information content (AvgIpc) is 2.78. The van der Waals surface area contributed by atoms with Gasteiger partial charge in [-0.25, -0.2) is 13.2 Å². The maximum atomic E-state index is 12.2. The lowest BCUT2D eigenvalue weighted by Gasteiger charge is -2.27. The van der Waals surface area contributed by atoms with Gasteiger partial charge in [0.25, 0.3) is 0 Å². The van der Waals surface area contributed by atoms with Gasteiger partial charge in [-0.2, -0.15) is 0 Å². The van der Waals surface area contributed by atoms with Crippen LogP contribution in [-0.2, 0) is 16.4 Å². The Hall–Kier alpha value is -1.63. The molecule has 0 aromatic carbocycles. The lowest BCUT2D eigenvalue weighted by molar-refractivity contribution is 0.183. The Kier molecular flexibility index (Phi) is 4.59.